The lowest BCUT2D eigenvalue weighted by Gasteiger charge is -2.33. The zero-order valence-corrected chi connectivity index (χ0v) is 15.6. The van der Waals surface area contributed by atoms with Crippen molar-refractivity contribution in [1.82, 2.24) is 10.2 Å². The Kier molecular flexibility index (Phi) is 4.05. The Morgan fingerprint density at radius 2 is 1.86 bits per heavy atom. The van der Waals surface area contributed by atoms with Crippen molar-refractivity contribution in [2.75, 3.05) is 0 Å². The Balaban J connectivity index is 1.72. The van der Waals surface area contributed by atoms with Crippen molar-refractivity contribution in [3.8, 4) is 23.2 Å². The van der Waals surface area contributed by atoms with Crippen LogP contribution in [0.25, 0.3) is 22.0 Å². The molecule has 140 valence electrons. The smallest absolute Gasteiger partial charge is 0.244 e. The number of rotatable bonds is 2. The Hall–Kier alpha value is -3.26. The van der Waals surface area contributed by atoms with Crippen molar-refractivity contribution >= 4 is 10.8 Å². The summed E-state index contributed by atoms with van der Waals surface area (Å²) in [7, 11) is 0. The number of benzene rings is 2. The maximum absolute atomic E-state index is 9.86. The van der Waals surface area contributed by atoms with Crippen LogP contribution in [0.5, 0.6) is 5.88 Å². The molecule has 0 saturated heterocycles. The van der Waals surface area contributed by atoms with E-state index in [-0.39, 0.29) is 11.8 Å². The molecule has 2 aliphatic rings. The zero-order chi connectivity index (χ0) is 19.1. The Bertz CT molecular complexity index is 1110. The van der Waals surface area contributed by atoms with Gasteiger partial charge in [-0.15, -0.1) is 5.10 Å². The highest BCUT2D eigenvalue weighted by molar-refractivity contribution is 5.96. The van der Waals surface area contributed by atoms with E-state index in [0.717, 1.165) is 35.0 Å². The van der Waals surface area contributed by atoms with Gasteiger partial charge in [-0.2, -0.15) is 5.26 Å². The first-order valence-electron chi connectivity index (χ1n) is 9.92. The van der Waals surface area contributed by atoms with Crippen molar-refractivity contribution in [3.05, 3.63) is 59.5 Å². The number of H-pyrrole nitrogens is 1. The fourth-order valence-electron chi connectivity index (χ4n) is 4.87. The largest absolute Gasteiger partial charge is 0.420 e. The highest BCUT2D eigenvalue weighted by Gasteiger charge is 2.39. The molecule has 0 unspecified atom stereocenters. The van der Waals surface area contributed by atoms with Gasteiger partial charge >= 0.3 is 0 Å². The lowest BCUT2D eigenvalue weighted by atomic mass is 9.72. The van der Waals surface area contributed by atoms with E-state index < -0.39 is 0 Å². The number of nitrogens with two attached hydrogens (primary N) is 1. The quantitative estimate of drug-likeness (QED) is 0.666. The first-order chi connectivity index (χ1) is 13.8. The highest BCUT2D eigenvalue weighted by atomic mass is 16.5. The standard InChI is InChI=1S/C23H22N4O/c24-13-18-19(15-8-2-1-3-9-15)20-21(26-27-23(20)28-22(18)25)17-12-6-10-14-7-4-5-11-16(14)17/h4-7,10-12,15,19H,1-3,8-9,25H2,(H,26,27)/t19-/m0/s1. The molecular weight excluding hydrogens is 348 g/mol. The average Bonchev–Trinajstić information content (AvgIpc) is 3.16. The SMILES string of the molecule is N#CC1=C(N)Oc2n[nH]c(-c3cccc4ccccc34)c2[C@H]1C1CCCCC1. The molecule has 1 aliphatic carbocycles. The van der Waals surface area contributed by atoms with Crippen LogP contribution in [-0.4, -0.2) is 10.2 Å². The number of nitrogens with zero attached hydrogens (tertiary/aromatic N) is 2. The van der Waals surface area contributed by atoms with Crippen LogP contribution in [0, 0.1) is 17.2 Å². The molecule has 3 aromatic rings. The van der Waals surface area contributed by atoms with Gasteiger partial charge in [0, 0.05) is 11.5 Å². The van der Waals surface area contributed by atoms with Crippen molar-refractivity contribution < 1.29 is 4.74 Å². The van der Waals surface area contributed by atoms with Crippen LogP contribution in [0.1, 0.15) is 43.6 Å². The summed E-state index contributed by atoms with van der Waals surface area (Å²) in [4.78, 5) is 0. The third kappa shape index (κ3) is 2.56. The summed E-state index contributed by atoms with van der Waals surface area (Å²) in [6.45, 7) is 0. The molecule has 28 heavy (non-hydrogen) atoms. The number of ether oxygens (including phenoxy) is 1. The third-order valence-electron chi connectivity index (χ3n) is 6.16. The van der Waals surface area contributed by atoms with E-state index in [9.17, 15) is 5.26 Å². The van der Waals surface area contributed by atoms with Gasteiger partial charge in [0.1, 0.15) is 6.07 Å². The number of hydrogen-bond donors (Lipinski definition) is 2. The molecule has 5 nitrogen and oxygen atoms in total. The molecule has 5 heteroatoms. The summed E-state index contributed by atoms with van der Waals surface area (Å²) in [5.74, 6) is 1.02. The number of fused-ring (bicyclic) bond motifs is 2. The molecule has 1 fully saturated rings. The van der Waals surface area contributed by atoms with Gasteiger partial charge < -0.3 is 10.5 Å². The van der Waals surface area contributed by atoms with E-state index in [1.807, 2.05) is 12.1 Å². The molecule has 2 aromatic carbocycles. The van der Waals surface area contributed by atoms with Gasteiger partial charge in [0.15, 0.2) is 0 Å². The second-order valence-corrected chi connectivity index (χ2v) is 7.71. The summed E-state index contributed by atoms with van der Waals surface area (Å²) >= 11 is 0. The molecule has 1 aliphatic heterocycles. The second-order valence-electron chi connectivity index (χ2n) is 7.71. The minimum atomic E-state index is -0.0678. The topological polar surface area (TPSA) is 87.7 Å². The van der Waals surface area contributed by atoms with Gasteiger partial charge in [0.2, 0.25) is 11.8 Å². The number of nitriles is 1. The average molecular weight is 370 g/mol. The van der Waals surface area contributed by atoms with Gasteiger partial charge in [0.05, 0.1) is 16.8 Å². The Morgan fingerprint density at radius 3 is 2.68 bits per heavy atom. The van der Waals surface area contributed by atoms with Crippen LogP contribution in [-0.2, 0) is 0 Å². The van der Waals surface area contributed by atoms with E-state index in [0.29, 0.717) is 17.4 Å². The zero-order valence-electron chi connectivity index (χ0n) is 15.6. The molecule has 1 aromatic heterocycles. The lowest BCUT2D eigenvalue weighted by Crippen LogP contribution is -2.26. The fourth-order valence-corrected chi connectivity index (χ4v) is 4.87. The monoisotopic (exact) mass is 370 g/mol. The van der Waals surface area contributed by atoms with Crippen molar-refractivity contribution in [2.24, 2.45) is 11.7 Å². The van der Waals surface area contributed by atoms with Crippen molar-refractivity contribution in [2.45, 2.75) is 38.0 Å². The van der Waals surface area contributed by atoms with E-state index in [1.165, 1.54) is 24.6 Å². The molecule has 1 saturated carbocycles. The van der Waals surface area contributed by atoms with E-state index >= 15 is 0 Å². The summed E-state index contributed by atoms with van der Waals surface area (Å²) < 4.78 is 5.76. The molecule has 3 N–H and O–H groups in total. The molecule has 1 atom stereocenters. The van der Waals surface area contributed by atoms with Crippen LogP contribution < -0.4 is 10.5 Å². The van der Waals surface area contributed by atoms with Crippen LogP contribution in [0.2, 0.25) is 0 Å². The number of hydrogen-bond acceptors (Lipinski definition) is 4. The molecule has 0 radical (unpaired) electrons. The van der Waals surface area contributed by atoms with Gasteiger partial charge in [-0.25, -0.2) is 0 Å². The number of allylic oxidation sites excluding steroid dienone is 1. The van der Waals surface area contributed by atoms with E-state index in [4.69, 9.17) is 10.5 Å². The summed E-state index contributed by atoms with van der Waals surface area (Å²) in [5.41, 5.74) is 9.66. The number of aromatic amines is 1. The van der Waals surface area contributed by atoms with Crippen LogP contribution >= 0.6 is 0 Å². The molecule has 2 heterocycles. The molecule has 0 spiro atoms. The van der Waals surface area contributed by atoms with Crippen LogP contribution in [0.3, 0.4) is 0 Å². The predicted molar refractivity (Wildman–Crippen MR) is 108 cm³/mol. The minimum Gasteiger partial charge on any atom is -0.420 e. The van der Waals surface area contributed by atoms with E-state index in [2.05, 4.69) is 46.6 Å². The predicted octanol–water partition coefficient (Wildman–Crippen LogP) is 4.98. The summed E-state index contributed by atoms with van der Waals surface area (Å²) in [6, 6.07) is 16.9. The summed E-state index contributed by atoms with van der Waals surface area (Å²) in [6.07, 6.45) is 5.84. The van der Waals surface area contributed by atoms with Crippen molar-refractivity contribution in [3.63, 3.8) is 0 Å². The number of nitrogens with one attached hydrogen (secondary N) is 1. The molecule has 0 bridgehead atoms. The third-order valence-corrected chi connectivity index (χ3v) is 6.16. The number of aromatic nitrogens is 2. The molecule has 0 amide bonds. The highest BCUT2D eigenvalue weighted by Crippen LogP contribution is 2.50. The minimum absolute atomic E-state index is 0.0678. The maximum Gasteiger partial charge on any atom is 0.244 e. The Morgan fingerprint density at radius 1 is 1.07 bits per heavy atom. The molecular formula is C23H22N4O. The van der Waals surface area contributed by atoms with Crippen molar-refractivity contribution in [1.29, 1.82) is 5.26 Å². The first kappa shape index (κ1) is 16.9. The Labute approximate surface area is 163 Å². The van der Waals surface area contributed by atoms with E-state index in [1.54, 1.807) is 0 Å². The maximum atomic E-state index is 9.86. The lowest BCUT2D eigenvalue weighted by molar-refractivity contribution is 0.297. The van der Waals surface area contributed by atoms with Gasteiger partial charge in [-0.05, 0) is 29.5 Å². The van der Waals surface area contributed by atoms with Crippen LogP contribution in [0.4, 0.5) is 0 Å². The van der Waals surface area contributed by atoms with Gasteiger partial charge in [-0.1, -0.05) is 61.7 Å². The first-order valence-corrected chi connectivity index (χ1v) is 9.92. The molecule has 5 rings (SSSR count). The normalized spacial score (nSPS) is 19.9. The second kappa shape index (κ2) is 6.72. The van der Waals surface area contributed by atoms with Gasteiger partial charge in [-0.3, -0.25) is 5.10 Å². The fraction of sp³-hybridized carbons (Fsp3) is 0.304. The summed E-state index contributed by atoms with van der Waals surface area (Å²) in [5, 5.41) is 19.8. The van der Waals surface area contributed by atoms with Crippen LogP contribution in [0.15, 0.2) is 53.9 Å². The van der Waals surface area contributed by atoms with Gasteiger partial charge in [0.25, 0.3) is 0 Å².